The van der Waals surface area contributed by atoms with Crippen LogP contribution in [0.1, 0.15) is 17.0 Å². The van der Waals surface area contributed by atoms with E-state index < -0.39 is 4.92 Å². The molecule has 0 aliphatic rings. The van der Waals surface area contributed by atoms with Gasteiger partial charge in [0.15, 0.2) is 11.4 Å². The molecule has 0 amide bonds. The van der Waals surface area contributed by atoms with Gasteiger partial charge in [0, 0.05) is 13.1 Å². The van der Waals surface area contributed by atoms with E-state index in [0.29, 0.717) is 11.3 Å². The van der Waals surface area contributed by atoms with E-state index in [1.807, 2.05) is 12.1 Å². The predicted molar refractivity (Wildman–Crippen MR) is 73.4 cm³/mol. The quantitative estimate of drug-likeness (QED) is 0.671. The zero-order chi connectivity index (χ0) is 15.4. The van der Waals surface area contributed by atoms with Gasteiger partial charge in [0.25, 0.3) is 5.69 Å². The highest BCUT2D eigenvalue weighted by molar-refractivity contribution is 5.62. The van der Waals surface area contributed by atoms with Crippen molar-refractivity contribution in [2.75, 3.05) is 12.4 Å². The first-order chi connectivity index (χ1) is 10.1. The molecule has 21 heavy (non-hydrogen) atoms. The highest BCUT2D eigenvalue weighted by Gasteiger charge is 2.15. The van der Waals surface area contributed by atoms with Gasteiger partial charge in [0.05, 0.1) is 17.8 Å². The van der Waals surface area contributed by atoms with Crippen LogP contribution in [-0.2, 0) is 6.54 Å². The minimum Gasteiger partial charge on any atom is -0.383 e. The predicted octanol–water partition coefficient (Wildman–Crippen LogP) is 1.62. The maximum absolute atomic E-state index is 11.0. The van der Waals surface area contributed by atoms with Crippen LogP contribution in [0.15, 0.2) is 24.5 Å². The van der Waals surface area contributed by atoms with E-state index in [4.69, 9.17) is 10.5 Å². The zero-order valence-electron chi connectivity index (χ0n) is 11.1. The highest BCUT2D eigenvalue weighted by Crippen LogP contribution is 2.25. The maximum atomic E-state index is 11.0. The van der Waals surface area contributed by atoms with Gasteiger partial charge < -0.3 is 9.88 Å². The average molecular weight is 282 g/mol. The van der Waals surface area contributed by atoms with E-state index in [2.05, 4.69) is 10.3 Å². The molecule has 0 saturated carbocycles. The summed E-state index contributed by atoms with van der Waals surface area (Å²) < 4.78 is 1.48. The molecule has 0 unspecified atom stereocenters. The van der Waals surface area contributed by atoms with Crippen molar-refractivity contribution in [3.63, 3.8) is 0 Å². The van der Waals surface area contributed by atoms with Crippen molar-refractivity contribution < 1.29 is 4.92 Å². The van der Waals surface area contributed by atoms with Crippen LogP contribution in [-0.4, -0.2) is 21.5 Å². The van der Waals surface area contributed by atoms with Gasteiger partial charge in [-0.05, 0) is 11.6 Å². The number of aromatic nitrogens is 2. The molecule has 2 aromatic rings. The Kier molecular flexibility index (Phi) is 3.82. The van der Waals surface area contributed by atoms with Gasteiger partial charge in [-0.1, -0.05) is 6.07 Å². The van der Waals surface area contributed by atoms with Gasteiger partial charge in [-0.3, -0.25) is 10.1 Å². The molecule has 1 heterocycles. The summed E-state index contributed by atoms with van der Waals surface area (Å²) in [6.45, 7) is 0.225. The highest BCUT2D eigenvalue weighted by atomic mass is 16.6. The fourth-order valence-electron chi connectivity index (χ4n) is 1.94. The molecule has 8 heteroatoms. The summed E-state index contributed by atoms with van der Waals surface area (Å²) in [5, 5.41) is 31.6. The molecule has 0 atom stereocenters. The number of anilines is 1. The Balaban J connectivity index is 2.40. The van der Waals surface area contributed by atoms with Crippen LogP contribution in [0.25, 0.3) is 0 Å². The number of nitriles is 2. The van der Waals surface area contributed by atoms with Crippen molar-refractivity contribution in [1.82, 2.24) is 9.55 Å². The van der Waals surface area contributed by atoms with E-state index in [1.54, 1.807) is 19.2 Å². The molecule has 1 aromatic carbocycles. The van der Waals surface area contributed by atoms with Crippen molar-refractivity contribution in [2.24, 2.45) is 0 Å². The van der Waals surface area contributed by atoms with Crippen molar-refractivity contribution in [1.29, 1.82) is 10.5 Å². The van der Waals surface area contributed by atoms with Crippen molar-refractivity contribution >= 4 is 11.4 Å². The van der Waals surface area contributed by atoms with E-state index in [-0.39, 0.29) is 23.6 Å². The summed E-state index contributed by atoms with van der Waals surface area (Å²) in [7, 11) is 1.60. The molecule has 0 spiro atoms. The smallest absolute Gasteiger partial charge is 0.292 e. The van der Waals surface area contributed by atoms with Gasteiger partial charge in [-0.15, -0.1) is 0 Å². The summed E-state index contributed by atoms with van der Waals surface area (Å²) in [6.07, 6.45) is 1.37. The van der Waals surface area contributed by atoms with Crippen LogP contribution in [0.2, 0.25) is 0 Å². The molecule has 2 rings (SSSR count). The molecule has 0 bridgehead atoms. The third-order valence-corrected chi connectivity index (χ3v) is 2.93. The standard InChI is InChI=1S/C13H10N6O2/c1-16-10-3-2-9(4-12(10)19(20)21)7-18-8-17-11(5-14)13(18)6-15/h2-4,8,16H,7H2,1H3. The molecule has 104 valence electrons. The van der Waals surface area contributed by atoms with Gasteiger partial charge in [0.1, 0.15) is 17.8 Å². The summed E-state index contributed by atoms with van der Waals surface area (Å²) >= 11 is 0. The number of nitrogens with one attached hydrogen (secondary N) is 1. The number of nitrogens with zero attached hydrogens (tertiary/aromatic N) is 5. The monoisotopic (exact) mass is 282 g/mol. The summed E-state index contributed by atoms with van der Waals surface area (Å²) in [5.74, 6) is 0. The molecular weight excluding hydrogens is 272 g/mol. The van der Waals surface area contributed by atoms with Gasteiger partial charge in [0.2, 0.25) is 0 Å². The number of benzene rings is 1. The molecule has 0 saturated heterocycles. The molecule has 0 fully saturated rings. The SMILES string of the molecule is CNc1ccc(Cn2cnc(C#N)c2C#N)cc1[N+](=O)[O-]. The Labute approximate surface area is 120 Å². The summed E-state index contributed by atoms with van der Waals surface area (Å²) in [4.78, 5) is 14.4. The first-order valence-corrected chi connectivity index (χ1v) is 5.91. The number of imidazole rings is 1. The molecule has 1 N–H and O–H groups in total. The van der Waals surface area contributed by atoms with Crippen LogP contribution >= 0.6 is 0 Å². The minimum atomic E-state index is -0.477. The van der Waals surface area contributed by atoms with E-state index >= 15 is 0 Å². The normalized spacial score (nSPS) is 9.67. The molecular formula is C13H10N6O2. The number of hydrogen-bond donors (Lipinski definition) is 1. The second kappa shape index (κ2) is 5.72. The van der Waals surface area contributed by atoms with Crippen molar-refractivity contribution in [2.45, 2.75) is 6.54 Å². The lowest BCUT2D eigenvalue weighted by Crippen LogP contribution is -2.03. The van der Waals surface area contributed by atoms with Crippen molar-refractivity contribution in [3.05, 3.63) is 51.6 Å². The Hall–Kier alpha value is -3.39. The van der Waals surface area contributed by atoms with Crippen LogP contribution < -0.4 is 5.32 Å². The number of hydrogen-bond acceptors (Lipinski definition) is 6. The number of rotatable bonds is 4. The Morgan fingerprint density at radius 1 is 1.43 bits per heavy atom. The molecule has 1 aromatic heterocycles. The lowest BCUT2D eigenvalue weighted by Gasteiger charge is -2.07. The van der Waals surface area contributed by atoms with Crippen LogP contribution in [0.3, 0.4) is 0 Å². The largest absolute Gasteiger partial charge is 0.383 e. The minimum absolute atomic E-state index is 0.0406. The molecule has 0 aliphatic carbocycles. The molecule has 8 nitrogen and oxygen atoms in total. The van der Waals surface area contributed by atoms with Crippen molar-refractivity contribution in [3.8, 4) is 12.1 Å². The molecule has 0 radical (unpaired) electrons. The molecule has 0 aliphatic heterocycles. The average Bonchev–Trinajstić information content (AvgIpc) is 2.88. The third kappa shape index (κ3) is 2.65. The van der Waals surface area contributed by atoms with Gasteiger partial charge >= 0.3 is 0 Å². The maximum Gasteiger partial charge on any atom is 0.292 e. The Morgan fingerprint density at radius 3 is 2.76 bits per heavy atom. The van der Waals surface area contributed by atoms with E-state index in [9.17, 15) is 10.1 Å². The first kappa shape index (κ1) is 14.0. The lowest BCUT2D eigenvalue weighted by atomic mass is 10.1. The van der Waals surface area contributed by atoms with Gasteiger partial charge in [-0.2, -0.15) is 10.5 Å². The second-order valence-electron chi connectivity index (χ2n) is 4.15. The summed E-state index contributed by atoms with van der Waals surface area (Å²) in [5.41, 5.74) is 1.18. The number of nitro groups is 1. The Morgan fingerprint density at radius 2 is 2.19 bits per heavy atom. The third-order valence-electron chi connectivity index (χ3n) is 2.93. The zero-order valence-corrected chi connectivity index (χ0v) is 11.1. The number of nitro benzene ring substituents is 1. The Bertz CT molecular complexity index is 781. The lowest BCUT2D eigenvalue weighted by molar-refractivity contribution is -0.384. The van der Waals surface area contributed by atoms with Gasteiger partial charge in [-0.25, -0.2) is 4.98 Å². The first-order valence-electron chi connectivity index (χ1n) is 5.91. The second-order valence-corrected chi connectivity index (χ2v) is 4.15. The van der Waals surface area contributed by atoms with E-state index in [0.717, 1.165) is 0 Å². The summed E-state index contributed by atoms with van der Waals surface area (Å²) in [6, 6.07) is 8.48. The fraction of sp³-hybridized carbons (Fsp3) is 0.154. The van der Waals surface area contributed by atoms with Crippen LogP contribution in [0, 0.1) is 32.8 Å². The van der Waals surface area contributed by atoms with E-state index in [1.165, 1.54) is 17.0 Å². The van der Waals surface area contributed by atoms with Crippen LogP contribution in [0.4, 0.5) is 11.4 Å². The fourth-order valence-corrected chi connectivity index (χ4v) is 1.94. The van der Waals surface area contributed by atoms with Crippen LogP contribution in [0.5, 0.6) is 0 Å². The topological polar surface area (TPSA) is 121 Å².